The van der Waals surface area contributed by atoms with Crippen LogP contribution in [0.25, 0.3) is 21.8 Å². The number of carboxylic acid groups (broad SMARTS) is 1. The summed E-state index contributed by atoms with van der Waals surface area (Å²) >= 11 is 0. The fourth-order valence-electron chi connectivity index (χ4n) is 4.74. The number of aryl methyl sites for hydroxylation is 2. The second-order valence-electron chi connectivity index (χ2n) is 8.61. The van der Waals surface area contributed by atoms with Crippen molar-refractivity contribution in [1.29, 1.82) is 0 Å². The number of aliphatic carboxylic acids is 1. The van der Waals surface area contributed by atoms with E-state index in [1.54, 1.807) is 0 Å². The van der Waals surface area contributed by atoms with Crippen molar-refractivity contribution in [2.45, 2.75) is 38.6 Å². The van der Waals surface area contributed by atoms with Gasteiger partial charge < -0.3 is 19.1 Å². The number of carboxylic acids is 1. The quantitative estimate of drug-likeness (QED) is 0.312. The first-order chi connectivity index (χ1) is 16.6. The van der Waals surface area contributed by atoms with Crippen LogP contribution >= 0.6 is 0 Å². The van der Waals surface area contributed by atoms with E-state index < -0.39 is 5.97 Å². The van der Waals surface area contributed by atoms with Gasteiger partial charge in [-0.1, -0.05) is 30.3 Å². The Hall–Kier alpha value is -3.80. The molecule has 6 heteroatoms. The van der Waals surface area contributed by atoms with Crippen LogP contribution in [0, 0.1) is 0 Å². The fraction of sp³-hybridized carbons (Fsp3) is 0.286. The molecular formula is C28H27NO5. The average molecular weight is 458 g/mol. The van der Waals surface area contributed by atoms with E-state index in [9.17, 15) is 9.59 Å². The van der Waals surface area contributed by atoms with E-state index in [4.69, 9.17) is 14.6 Å². The van der Waals surface area contributed by atoms with E-state index in [1.165, 1.54) is 0 Å². The predicted octanol–water partition coefficient (Wildman–Crippen LogP) is 5.64. The molecule has 0 radical (unpaired) electrons. The predicted molar refractivity (Wildman–Crippen MR) is 131 cm³/mol. The number of carbonyl (C=O) groups excluding carboxylic acids is 1. The summed E-state index contributed by atoms with van der Waals surface area (Å²) in [7, 11) is 0. The number of carbonyl (C=O) groups is 2. The minimum Gasteiger partial charge on any atom is -0.494 e. The smallest absolute Gasteiger partial charge is 0.305 e. The molecule has 0 aliphatic heterocycles. The number of hydrogen-bond acceptors (Lipinski definition) is 4. The van der Waals surface area contributed by atoms with Gasteiger partial charge in [0.05, 0.1) is 30.7 Å². The van der Waals surface area contributed by atoms with Crippen molar-refractivity contribution in [2.75, 3.05) is 13.2 Å². The first-order valence-corrected chi connectivity index (χ1v) is 11.8. The van der Waals surface area contributed by atoms with Gasteiger partial charge in [0.1, 0.15) is 11.5 Å². The maximum absolute atomic E-state index is 12.1. The molecule has 34 heavy (non-hydrogen) atoms. The summed E-state index contributed by atoms with van der Waals surface area (Å²) < 4.78 is 13.9. The SMILES string of the molecule is O=C(O)CCn1c2ccccc2c2ccc(OCCCCOc3cccc4c3C(=O)CC4)cc21. The molecule has 0 unspecified atom stereocenters. The monoisotopic (exact) mass is 457 g/mol. The molecular weight excluding hydrogens is 430 g/mol. The van der Waals surface area contributed by atoms with E-state index in [1.807, 2.05) is 54.6 Å². The minimum atomic E-state index is -0.814. The van der Waals surface area contributed by atoms with Crippen LogP contribution in [0.5, 0.6) is 11.5 Å². The normalized spacial score (nSPS) is 12.9. The van der Waals surface area contributed by atoms with Gasteiger partial charge in [-0.25, -0.2) is 0 Å². The molecule has 3 aromatic carbocycles. The summed E-state index contributed by atoms with van der Waals surface area (Å²) in [6, 6.07) is 19.9. The van der Waals surface area contributed by atoms with Gasteiger partial charge in [-0.15, -0.1) is 0 Å². The van der Waals surface area contributed by atoms with E-state index in [0.29, 0.717) is 31.9 Å². The average Bonchev–Trinajstić information content (AvgIpc) is 3.38. The number of aromatic nitrogens is 1. The fourth-order valence-corrected chi connectivity index (χ4v) is 4.74. The Morgan fingerprint density at radius 1 is 0.882 bits per heavy atom. The van der Waals surface area contributed by atoms with Gasteiger partial charge >= 0.3 is 5.97 Å². The number of benzene rings is 3. The maximum Gasteiger partial charge on any atom is 0.305 e. The number of rotatable bonds is 10. The molecule has 1 aliphatic carbocycles. The molecule has 1 heterocycles. The highest BCUT2D eigenvalue weighted by molar-refractivity contribution is 6.08. The topological polar surface area (TPSA) is 77.8 Å². The molecule has 0 saturated carbocycles. The van der Waals surface area contributed by atoms with E-state index in [2.05, 4.69) is 10.6 Å². The molecule has 5 rings (SSSR count). The molecule has 1 aliphatic rings. The highest BCUT2D eigenvalue weighted by atomic mass is 16.5. The second-order valence-corrected chi connectivity index (χ2v) is 8.61. The van der Waals surface area contributed by atoms with Crippen LogP contribution < -0.4 is 9.47 Å². The van der Waals surface area contributed by atoms with Crippen molar-refractivity contribution < 1.29 is 24.2 Å². The van der Waals surface area contributed by atoms with E-state index >= 15 is 0 Å². The first-order valence-electron chi connectivity index (χ1n) is 11.8. The van der Waals surface area contributed by atoms with Gasteiger partial charge in [-0.2, -0.15) is 0 Å². The molecule has 0 bridgehead atoms. The van der Waals surface area contributed by atoms with Crippen LogP contribution in [0.2, 0.25) is 0 Å². The minimum absolute atomic E-state index is 0.0646. The van der Waals surface area contributed by atoms with Crippen molar-refractivity contribution in [1.82, 2.24) is 4.57 Å². The van der Waals surface area contributed by atoms with Gasteiger partial charge in [0.25, 0.3) is 0 Å². The third kappa shape index (κ3) is 4.36. The number of ether oxygens (including phenoxy) is 2. The van der Waals surface area contributed by atoms with Crippen molar-refractivity contribution in [2.24, 2.45) is 0 Å². The molecule has 174 valence electrons. The lowest BCUT2D eigenvalue weighted by atomic mass is 10.1. The van der Waals surface area contributed by atoms with Crippen LogP contribution in [0.1, 0.15) is 41.6 Å². The number of hydrogen-bond donors (Lipinski definition) is 1. The Bertz CT molecular complexity index is 1370. The van der Waals surface area contributed by atoms with Crippen LogP contribution in [0.4, 0.5) is 0 Å². The van der Waals surface area contributed by atoms with E-state index in [-0.39, 0.29) is 12.2 Å². The summed E-state index contributed by atoms with van der Waals surface area (Å²) in [5.74, 6) is 0.815. The second kappa shape index (κ2) is 9.59. The third-order valence-corrected chi connectivity index (χ3v) is 6.37. The number of ketones is 1. The largest absolute Gasteiger partial charge is 0.494 e. The molecule has 1 N–H and O–H groups in total. The van der Waals surface area contributed by atoms with Crippen molar-refractivity contribution in [3.63, 3.8) is 0 Å². The summed E-state index contributed by atoms with van der Waals surface area (Å²) in [4.78, 5) is 23.3. The Balaban J connectivity index is 1.20. The standard InChI is InChI=1S/C28H27NO5/c30-25-13-10-19-6-5-9-26(28(19)25)34-17-4-3-16-33-20-11-12-22-21-7-1-2-8-23(21)29(24(22)18-20)15-14-27(31)32/h1-2,5-9,11-12,18H,3-4,10,13-17H2,(H,31,32). The summed E-state index contributed by atoms with van der Waals surface area (Å²) in [6.45, 7) is 1.50. The lowest BCUT2D eigenvalue weighted by molar-refractivity contribution is -0.137. The Morgan fingerprint density at radius 3 is 2.53 bits per heavy atom. The zero-order valence-electron chi connectivity index (χ0n) is 19.0. The highest BCUT2D eigenvalue weighted by Crippen LogP contribution is 2.32. The van der Waals surface area contributed by atoms with Crippen molar-refractivity contribution in [3.05, 3.63) is 71.8 Å². The third-order valence-electron chi connectivity index (χ3n) is 6.37. The molecule has 0 amide bonds. The van der Waals surface area contributed by atoms with Gasteiger partial charge in [0.2, 0.25) is 0 Å². The van der Waals surface area contributed by atoms with Crippen molar-refractivity contribution in [3.8, 4) is 11.5 Å². The molecule has 0 spiro atoms. The molecule has 0 saturated heterocycles. The highest BCUT2D eigenvalue weighted by Gasteiger charge is 2.23. The summed E-state index contributed by atoms with van der Waals surface area (Å²) in [5, 5.41) is 11.4. The number of para-hydroxylation sites is 1. The van der Waals surface area contributed by atoms with E-state index in [0.717, 1.165) is 57.9 Å². The molecule has 6 nitrogen and oxygen atoms in total. The van der Waals surface area contributed by atoms with Gasteiger partial charge in [0.15, 0.2) is 5.78 Å². The lowest BCUT2D eigenvalue weighted by Crippen LogP contribution is -2.05. The molecule has 0 fully saturated rings. The zero-order chi connectivity index (χ0) is 23.5. The zero-order valence-corrected chi connectivity index (χ0v) is 19.0. The molecule has 1 aromatic heterocycles. The number of Topliss-reactive ketones (excluding diaryl/α,β-unsaturated/α-hetero) is 1. The maximum atomic E-state index is 12.1. The van der Waals surface area contributed by atoms with Crippen LogP contribution in [-0.4, -0.2) is 34.6 Å². The molecule has 4 aromatic rings. The molecule has 0 atom stereocenters. The van der Waals surface area contributed by atoms with Crippen LogP contribution in [-0.2, 0) is 17.8 Å². The Morgan fingerprint density at radius 2 is 1.68 bits per heavy atom. The number of nitrogens with zero attached hydrogens (tertiary/aromatic N) is 1. The number of unbranched alkanes of at least 4 members (excludes halogenated alkanes) is 1. The summed E-state index contributed by atoms with van der Waals surface area (Å²) in [5.41, 5.74) is 3.84. The lowest BCUT2D eigenvalue weighted by Gasteiger charge is -2.11. The Kier molecular flexibility index (Phi) is 6.21. The van der Waals surface area contributed by atoms with Gasteiger partial charge in [0, 0.05) is 35.3 Å². The Labute approximate surface area is 197 Å². The van der Waals surface area contributed by atoms with Crippen LogP contribution in [0.15, 0.2) is 60.7 Å². The van der Waals surface area contributed by atoms with Gasteiger partial charge in [-0.05, 0) is 49.1 Å². The van der Waals surface area contributed by atoms with Crippen molar-refractivity contribution >= 4 is 33.6 Å². The first kappa shape index (κ1) is 22.0. The van der Waals surface area contributed by atoms with Gasteiger partial charge in [-0.3, -0.25) is 9.59 Å². The number of fused-ring (bicyclic) bond motifs is 4. The van der Waals surface area contributed by atoms with Crippen LogP contribution in [0.3, 0.4) is 0 Å². The summed E-state index contributed by atoms with van der Waals surface area (Å²) in [6.07, 6.45) is 3.08.